The Kier molecular flexibility index (Phi) is 3.87. The Balaban J connectivity index is 2.12. The summed E-state index contributed by atoms with van der Waals surface area (Å²) in [6, 6.07) is 2.35. The minimum Gasteiger partial charge on any atom is -0.322 e. The molecule has 0 spiro atoms. The average Bonchev–Trinajstić information content (AvgIpc) is 2.69. The Morgan fingerprint density at radius 1 is 1.53 bits per heavy atom. The molecule has 0 amide bonds. The molecule has 1 aliphatic carbocycles. The van der Waals surface area contributed by atoms with Gasteiger partial charge < -0.3 is 5.73 Å². The average molecular weight is 235 g/mol. The lowest BCUT2D eigenvalue weighted by Gasteiger charge is -2.31. The first-order valence-electron chi connectivity index (χ1n) is 6.90. The molecular weight excluding hydrogens is 210 g/mol. The van der Waals surface area contributed by atoms with Gasteiger partial charge in [-0.2, -0.15) is 5.10 Å². The van der Waals surface area contributed by atoms with Crippen LogP contribution in [0.5, 0.6) is 0 Å². The van der Waals surface area contributed by atoms with Crippen molar-refractivity contribution in [1.82, 2.24) is 9.78 Å². The van der Waals surface area contributed by atoms with E-state index in [0.717, 1.165) is 18.0 Å². The van der Waals surface area contributed by atoms with Gasteiger partial charge in [0.05, 0.1) is 11.4 Å². The smallest absolute Gasteiger partial charge is 0.0625 e. The molecule has 1 heterocycles. The van der Waals surface area contributed by atoms with E-state index < -0.39 is 0 Å². The van der Waals surface area contributed by atoms with E-state index in [1.807, 2.05) is 11.7 Å². The fourth-order valence-electron chi connectivity index (χ4n) is 3.08. The molecule has 3 unspecified atom stereocenters. The van der Waals surface area contributed by atoms with E-state index >= 15 is 0 Å². The number of rotatable bonds is 3. The summed E-state index contributed by atoms with van der Waals surface area (Å²) >= 11 is 0. The van der Waals surface area contributed by atoms with Gasteiger partial charge >= 0.3 is 0 Å². The minimum atomic E-state index is 0.163. The van der Waals surface area contributed by atoms with E-state index in [4.69, 9.17) is 5.73 Å². The molecule has 1 fully saturated rings. The molecule has 0 aliphatic heterocycles. The highest BCUT2D eigenvalue weighted by atomic mass is 15.3. The Labute approximate surface area is 104 Å². The van der Waals surface area contributed by atoms with Crippen LogP contribution in [0.25, 0.3) is 0 Å². The fourth-order valence-corrected chi connectivity index (χ4v) is 3.08. The summed E-state index contributed by atoms with van der Waals surface area (Å²) in [6.45, 7) is 4.49. The Bertz CT molecular complexity index is 370. The van der Waals surface area contributed by atoms with E-state index in [-0.39, 0.29) is 6.04 Å². The topological polar surface area (TPSA) is 43.8 Å². The molecule has 1 aliphatic rings. The van der Waals surface area contributed by atoms with Crippen molar-refractivity contribution in [3.05, 3.63) is 17.5 Å². The Morgan fingerprint density at radius 3 is 2.88 bits per heavy atom. The first-order valence-corrected chi connectivity index (χ1v) is 6.90. The zero-order valence-electron chi connectivity index (χ0n) is 11.3. The van der Waals surface area contributed by atoms with E-state index in [9.17, 15) is 0 Å². The van der Waals surface area contributed by atoms with Crippen molar-refractivity contribution in [3.8, 4) is 0 Å². The molecule has 3 heteroatoms. The maximum absolute atomic E-state index is 6.44. The summed E-state index contributed by atoms with van der Waals surface area (Å²) in [4.78, 5) is 0. The maximum atomic E-state index is 6.44. The van der Waals surface area contributed by atoms with Crippen molar-refractivity contribution in [1.29, 1.82) is 0 Å². The molecule has 0 radical (unpaired) electrons. The lowest BCUT2D eigenvalue weighted by molar-refractivity contribution is 0.243. The third-order valence-corrected chi connectivity index (χ3v) is 4.16. The molecule has 0 bridgehead atoms. The SMILES string of the molecule is CCc1cc(C(N)C2CCCC(C)C2)n(C)n1. The summed E-state index contributed by atoms with van der Waals surface area (Å²) in [5, 5.41) is 4.50. The number of nitrogens with two attached hydrogens (primary N) is 1. The lowest BCUT2D eigenvalue weighted by Crippen LogP contribution is -2.27. The maximum Gasteiger partial charge on any atom is 0.0625 e. The number of nitrogens with zero attached hydrogens (tertiary/aromatic N) is 2. The van der Waals surface area contributed by atoms with E-state index in [2.05, 4.69) is 25.0 Å². The van der Waals surface area contributed by atoms with Gasteiger partial charge in [0.25, 0.3) is 0 Å². The molecule has 3 atom stereocenters. The van der Waals surface area contributed by atoms with Crippen molar-refractivity contribution >= 4 is 0 Å². The van der Waals surface area contributed by atoms with Gasteiger partial charge in [-0.1, -0.05) is 26.7 Å². The summed E-state index contributed by atoms with van der Waals surface area (Å²) in [5.74, 6) is 1.47. The Hall–Kier alpha value is -0.830. The second-order valence-electron chi connectivity index (χ2n) is 5.60. The highest BCUT2D eigenvalue weighted by Crippen LogP contribution is 2.35. The third kappa shape index (κ3) is 2.71. The van der Waals surface area contributed by atoms with Crippen LogP contribution < -0.4 is 5.73 Å². The molecule has 17 heavy (non-hydrogen) atoms. The standard InChI is InChI=1S/C14H25N3/c1-4-12-9-13(17(3)16-12)14(15)11-7-5-6-10(2)8-11/h9-11,14H,4-8,15H2,1-3H3. The Morgan fingerprint density at radius 2 is 2.29 bits per heavy atom. The third-order valence-electron chi connectivity index (χ3n) is 4.16. The van der Waals surface area contributed by atoms with Crippen LogP contribution in [0.15, 0.2) is 6.07 Å². The lowest BCUT2D eigenvalue weighted by atomic mass is 9.78. The quantitative estimate of drug-likeness (QED) is 0.875. The molecule has 3 nitrogen and oxygen atoms in total. The van der Waals surface area contributed by atoms with Crippen LogP contribution in [-0.2, 0) is 13.5 Å². The molecular formula is C14H25N3. The van der Waals surface area contributed by atoms with Crippen molar-refractivity contribution in [3.63, 3.8) is 0 Å². The van der Waals surface area contributed by atoms with Crippen LogP contribution >= 0.6 is 0 Å². The number of aryl methyl sites for hydroxylation is 2. The molecule has 1 saturated carbocycles. The molecule has 0 saturated heterocycles. The van der Waals surface area contributed by atoms with Gasteiger partial charge in [-0.25, -0.2) is 0 Å². The highest BCUT2D eigenvalue weighted by Gasteiger charge is 2.27. The van der Waals surface area contributed by atoms with Gasteiger partial charge in [-0.3, -0.25) is 4.68 Å². The number of hydrogen-bond donors (Lipinski definition) is 1. The first-order chi connectivity index (χ1) is 8.11. The van der Waals surface area contributed by atoms with Crippen molar-refractivity contribution in [2.24, 2.45) is 24.6 Å². The van der Waals surface area contributed by atoms with E-state index in [1.165, 1.54) is 31.4 Å². The van der Waals surface area contributed by atoms with Crippen LogP contribution in [0.3, 0.4) is 0 Å². The van der Waals surface area contributed by atoms with Crippen molar-refractivity contribution in [2.45, 2.75) is 52.0 Å². The normalized spacial score (nSPS) is 27.1. The zero-order valence-corrected chi connectivity index (χ0v) is 11.3. The highest BCUT2D eigenvalue weighted by molar-refractivity contribution is 5.15. The largest absolute Gasteiger partial charge is 0.322 e. The molecule has 2 N–H and O–H groups in total. The second kappa shape index (κ2) is 5.21. The van der Waals surface area contributed by atoms with Crippen LogP contribution in [0, 0.1) is 11.8 Å². The van der Waals surface area contributed by atoms with Crippen molar-refractivity contribution in [2.75, 3.05) is 0 Å². The van der Waals surface area contributed by atoms with E-state index in [0.29, 0.717) is 5.92 Å². The predicted octanol–water partition coefficient (Wildman–Crippen LogP) is 2.81. The molecule has 2 rings (SSSR count). The summed E-state index contributed by atoms with van der Waals surface area (Å²) in [5.41, 5.74) is 8.80. The summed E-state index contributed by atoms with van der Waals surface area (Å²) in [7, 11) is 2.01. The monoisotopic (exact) mass is 235 g/mol. The van der Waals surface area contributed by atoms with Gasteiger partial charge in [-0.15, -0.1) is 0 Å². The van der Waals surface area contributed by atoms with Crippen LogP contribution in [-0.4, -0.2) is 9.78 Å². The van der Waals surface area contributed by atoms with Gasteiger partial charge in [-0.05, 0) is 37.2 Å². The second-order valence-corrected chi connectivity index (χ2v) is 5.60. The fraction of sp³-hybridized carbons (Fsp3) is 0.786. The van der Waals surface area contributed by atoms with Crippen LogP contribution in [0.1, 0.15) is 57.0 Å². The van der Waals surface area contributed by atoms with Crippen LogP contribution in [0.4, 0.5) is 0 Å². The molecule has 1 aromatic heterocycles. The number of hydrogen-bond acceptors (Lipinski definition) is 2. The van der Waals surface area contributed by atoms with Gasteiger partial charge in [0.2, 0.25) is 0 Å². The summed E-state index contributed by atoms with van der Waals surface area (Å²) in [6.07, 6.45) is 6.24. The molecule has 0 aromatic carbocycles. The number of aromatic nitrogens is 2. The first kappa shape index (κ1) is 12.6. The van der Waals surface area contributed by atoms with Crippen molar-refractivity contribution < 1.29 is 0 Å². The van der Waals surface area contributed by atoms with E-state index in [1.54, 1.807) is 0 Å². The van der Waals surface area contributed by atoms with Crippen LogP contribution in [0.2, 0.25) is 0 Å². The van der Waals surface area contributed by atoms with Gasteiger partial charge in [0, 0.05) is 13.1 Å². The molecule has 1 aromatic rings. The molecule has 96 valence electrons. The minimum absolute atomic E-state index is 0.163. The predicted molar refractivity (Wildman–Crippen MR) is 70.6 cm³/mol. The summed E-state index contributed by atoms with van der Waals surface area (Å²) < 4.78 is 1.97. The van der Waals surface area contributed by atoms with Gasteiger partial charge in [0.15, 0.2) is 0 Å². The zero-order chi connectivity index (χ0) is 12.4. The van der Waals surface area contributed by atoms with Gasteiger partial charge in [0.1, 0.15) is 0 Å².